The monoisotopic (exact) mass is 426 g/mol. The third-order valence-electron chi connectivity index (χ3n) is 3.93. The van der Waals surface area contributed by atoms with Crippen molar-refractivity contribution in [2.45, 2.75) is 17.9 Å². The minimum absolute atomic E-state index is 0.0273. The van der Waals surface area contributed by atoms with Crippen molar-refractivity contribution >= 4 is 39.2 Å². The van der Waals surface area contributed by atoms with Crippen molar-refractivity contribution < 1.29 is 27.5 Å². The van der Waals surface area contributed by atoms with Crippen molar-refractivity contribution in [1.82, 2.24) is 0 Å². The topological polar surface area (TPSA) is 116 Å². The first-order valence-corrected chi connectivity index (χ1v) is 9.83. The van der Waals surface area contributed by atoms with Crippen LogP contribution in [0.3, 0.4) is 0 Å². The zero-order valence-corrected chi connectivity index (χ0v) is 17.0. The second-order valence-electron chi connectivity index (χ2n) is 5.74. The molecule has 1 atom stereocenters. The highest BCUT2D eigenvalue weighted by atomic mass is 35.5. The minimum atomic E-state index is -4.05. The molecular weight excluding hydrogens is 408 g/mol. The number of primary amides is 1. The number of halogens is 1. The van der Waals surface area contributed by atoms with Gasteiger partial charge in [0.25, 0.3) is 15.9 Å². The first kappa shape index (κ1) is 21.5. The fourth-order valence-electron chi connectivity index (χ4n) is 2.28. The molecule has 2 rings (SSSR count). The van der Waals surface area contributed by atoms with Crippen molar-refractivity contribution in [2.24, 2.45) is 5.73 Å². The summed E-state index contributed by atoms with van der Waals surface area (Å²) in [6, 6.07) is 10.2. The molecule has 28 heavy (non-hydrogen) atoms. The summed E-state index contributed by atoms with van der Waals surface area (Å²) in [4.78, 5) is 23.1. The maximum absolute atomic E-state index is 13.0. The number of nitrogens with zero attached hydrogens (tertiary/aromatic N) is 1. The van der Waals surface area contributed by atoms with Crippen molar-refractivity contribution in [1.29, 1.82) is 0 Å². The van der Waals surface area contributed by atoms with E-state index in [2.05, 4.69) is 0 Å². The zero-order valence-electron chi connectivity index (χ0n) is 15.4. The molecule has 0 saturated carbocycles. The second kappa shape index (κ2) is 8.49. The molecule has 150 valence electrons. The molecule has 0 saturated heterocycles. The third kappa shape index (κ3) is 4.37. The van der Waals surface area contributed by atoms with E-state index >= 15 is 0 Å². The highest BCUT2D eigenvalue weighted by Crippen LogP contribution is 2.32. The SMILES string of the molecule is COc1ccccc1N(C)S(=O)(=O)c1ccc(Cl)c(C(=O)O[C@H](C)C(N)=O)c1. The number of rotatable bonds is 7. The van der Waals surface area contributed by atoms with E-state index in [4.69, 9.17) is 26.8 Å². The Hall–Kier alpha value is -2.78. The minimum Gasteiger partial charge on any atom is -0.495 e. The number of hydrogen-bond donors (Lipinski definition) is 1. The van der Waals surface area contributed by atoms with Crippen LogP contribution in [0, 0.1) is 0 Å². The standard InChI is InChI=1S/C18H19ClN2O6S/c1-11(17(20)22)27-18(23)13-10-12(8-9-14(13)19)28(24,25)21(2)15-6-4-5-7-16(15)26-3/h4-11H,1-3H3,(H2,20,22)/t11-/m1/s1. The van der Waals surface area contributed by atoms with Gasteiger partial charge in [-0.25, -0.2) is 13.2 Å². The highest BCUT2D eigenvalue weighted by Gasteiger charge is 2.26. The van der Waals surface area contributed by atoms with Gasteiger partial charge in [-0.1, -0.05) is 23.7 Å². The quantitative estimate of drug-likeness (QED) is 0.678. The summed E-state index contributed by atoms with van der Waals surface area (Å²) in [5, 5.41) is -0.0273. The number of carbonyl (C=O) groups excluding carboxylic acids is 2. The average molecular weight is 427 g/mol. The molecular formula is C18H19ClN2O6S. The van der Waals surface area contributed by atoms with Gasteiger partial charge in [0.1, 0.15) is 5.75 Å². The van der Waals surface area contributed by atoms with Gasteiger partial charge in [0.15, 0.2) is 6.10 Å². The summed E-state index contributed by atoms with van der Waals surface area (Å²) in [5.41, 5.74) is 5.17. The molecule has 1 amide bonds. The molecule has 0 aliphatic carbocycles. The molecule has 2 aromatic rings. The van der Waals surface area contributed by atoms with E-state index in [0.29, 0.717) is 11.4 Å². The largest absolute Gasteiger partial charge is 0.495 e. The van der Waals surface area contributed by atoms with E-state index in [1.807, 2.05) is 0 Å². The van der Waals surface area contributed by atoms with Gasteiger partial charge in [0, 0.05) is 7.05 Å². The normalized spacial score (nSPS) is 12.1. The first-order valence-electron chi connectivity index (χ1n) is 8.01. The summed E-state index contributed by atoms with van der Waals surface area (Å²) in [6.07, 6.45) is -1.19. The Bertz CT molecular complexity index is 1010. The number of benzene rings is 2. The lowest BCUT2D eigenvalue weighted by molar-refractivity contribution is -0.125. The number of carbonyl (C=O) groups is 2. The average Bonchev–Trinajstić information content (AvgIpc) is 2.67. The zero-order chi connectivity index (χ0) is 21.1. The molecule has 2 N–H and O–H groups in total. The Morgan fingerprint density at radius 2 is 1.82 bits per heavy atom. The van der Waals surface area contributed by atoms with E-state index in [1.165, 1.54) is 33.2 Å². The van der Waals surface area contributed by atoms with Gasteiger partial charge >= 0.3 is 5.97 Å². The molecule has 0 radical (unpaired) electrons. The lowest BCUT2D eigenvalue weighted by atomic mass is 10.2. The van der Waals surface area contributed by atoms with Gasteiger partial charge in [0.2, 0.25) is 0 Å². The van der Waals surface area contributed by atoms with Crippen molar-refractivity contribution in [3.8, 4) is 5.75 Å². The van der Waals surface area contributed by atoms with Crippen molar-refractivity contribution in [2.75, 3.05) is 18.5 Å². The Labute approximate surface area is 167 Å². The van der Waals surface area contributed by atoms with Gasteiger partial charge < -0.3 is 15.2 Å². The fourth-order valence-corrected chi connectivity index (χ4v) is 3.71. The number of methoxy groups -OCH3 is 1. The molecule has 0 heterocycles. The van der Waals surface area contributed by atoms with E-state index in [-0.39, 0.29) is 15.5 Å². The Morgan fingerprint density at radius 1 is 1.18 bits per heavy atom. The molecule has 0 bridgehead atoms. The number of esters is 1. The first-order chi connectivity index (χ1) is 13.1. The smallest absolute Gasteiger partial charge is 0.340 e. The lowest BCUT2D eigenvalue weighted by Gasteiger charge is -2.22. The van der Waals surface area contributed by atoms with Gasteiger partial charge in [-0.05, 0) is 37.3 Å². The van der Waals surface area contributed by atoms with Gasteiger partial charge in [-0.15, -0.1) is 0 Å². The molecule has 0 spiro atoms. The lowest BCUT2D eigenvalue weighted by Crippen LogP contribution is -2.31. The Kier molecular flexibility index (Phi) is 6.52. The predicted octanol–water partition coefficient (Wildman–Crippen LogP) is 2.20. The van der Waals surface area contributed by atoms with E-state index in [0.717, 1.165) is 10.4 Å². The molecule has 10 heteroatoms. The Morgan fingerprint density at radius 3 is 2.43 bits per heavy atom. The van der Waals surface area contributed by atoms with Crippen LogP contribution in [0.2, 0.25) is 5.02 Å². The number of hydrogen-bond acceptors (Lipinski definition) is 6. The summed E-state index contributed by atoms with van der Waals surface area (Å²) in [6.45, 7) is 1.30. The van der Waals surface area contributed by atoms with Crippen molar-refractivity contribution in [3.05, 3.63) is 53.1 Å². The molecule has 0 aliphatic rings. The number of ether oxygens (including phenoxy) is 2. The van der Waals surface area contributed by atoms with Crippen LogP contribution in [-0.4, -0.2) is 40.6 Å². The summed E-state index contributed by atoms with van der Waals surface area (Å²) in [5.74, 6) is -1.45. The van der Waals surface area contributed by atoms with Crippen LogP contribution in [0.1, 0.15) is 17.3 Å². The van der Waals surface area contributed by atoms with E-state index < -0.39 is 28.0 Å². The van der Waals surface area contributed by atoms with Crippen molar-refractivity contribution in [3.63, 3.8) is 0 Å². The van der Waals surface area contributed by atoms with Crippen LogP contribution in [0.4, 0.5) is 5.69 Å². The number of amides is 1. The third-order valence-corrected chi connectivity index (χ3v) is 6.02. The van der Waals surface area contributed by atoms with Crippen LogP contribution in [0.15, 0.2) is 47.4 Å². The van der Waals surface area contributed by atoms with Crippen LogP contribution < -0.4 is 14.8 Å². The Balaban J connectivity index is 2.44. The summed E-state index contributed by atoms with van der Waals surface area (Å²) < 4.78 is 37.2. The number of para-hydroxylation sites is 2. The molecule has 0 unspecified atom stereocenters. The van der Waals surface area contributed by atoms with Gasteiger partial charge in [0.05, 0.1) is 28.3 Å². The molecule has 0 aliphatic heterocycles. The molecule has 8 nitrogen and oxygen atoms in total. The molecule has 0 fully saturated rings. The number of nitrogens with two attached hydrogens (primary N) is 1. The number of sulfonamides is 1. The van der Waals surface area contributed by atoms with Gasteiger partial charge in [-0.2, -0.15) is 0 Å². The van der Waals surface area contributed by atoms with Crippen LogP contribution >= 0.6 is 11.6 Å². The second-order valence-corrected chi connectivity index (χ2v) is 8.11. The predicted molar refractivity (Wildman–Crippen MR) is 104 cm³/mol. The van der Waals surface area contributed by atoms with Crippen LogP contribution in [0.25, 0.3) is 0 Å². The highest BCUT2D eigenvalue weighted by molar-refractivity contribution is 7.92. The molecule has 0 aromatic heterocycles. The summed E-state index contributed by atoms with van der Waals surface area (Å²) in [7, 11) is -1.26. The number of anilines is 1. The van der Waals surface area contributed by atoms with Crippen LogP contribution in [-0.2, 0) is 19.6 Å². The molecule has 2 aromatic carbocycles. The summed E-state index contributed by atoms with van der Waals surface area (Å²) >= 11 is 6.00. The van der Waals surface area contributed by atoms with E-state index in [9.17, 15) is 18.0 Å². The maximum atomic E-state index is 13.0. The van der Waals surface area contributed by atoms with Gasteiger partial charge in [-0.3, -0.25) is 9.10 Å². The fraction of sp³-hybridized carbons (Fsp3) is 0.222. The van der Waals surface area contributed by atoms with E-state index in [1.54, 1.807) is 24.3 Å². The van der Waals surface area contributed by atoms with Crippen LogP contribution in [0.5, 0.6) is 5.75 Å². The maximum Gasteiger partial charge on any atom is 0.340 e.